The maximum absolute atomic E-state index is 14.3. The van der Waals surface area contributed by atoms with Crippen LogP contribution in [0.4, 0.5) is 0 Å². The first kappa shape index (κ1) is 62.0. The average molecular weight is 1060 g/mol. The van der Waals surface area contributed by atoms with Crippen LogP contribution in [0.25, 0.3) is 0 Å². The fourth-order valence-corrected chi connectivity index (χ4v) is 9.39. The first-order valence-corrected chi connectivity index (χ1v) is 26.2. The predicted molar refractivity (Wildman–Crippen MR) is 271 cm³/mol. The fraction of sp³-hybridized carbons (Fsp3) is 0.673. The van der Waals surface area contributed by atoms with Gasteiger partial charge in [-0.1, -0.05) is 82.4 Å². The third-order valence-corrected chi connectivity index (χ3v) is 13.9. The molecule has 3 fully saturated rings. The summed E-state index contributed by atoms with van der Waals surface area (Å²) in [5, 5.41) is 110. The van der Waals surface area contributed by atoms with Gasteiger partial charge in [0.25, 0.3) is 0 Å². The second kappa shape index (κ2) is 30.3. The van der Waals surface area contributed by atoms with Crippen molar-refractivity contribution < 1.29 is 79.5 Å². The highest BCUT2D eigenvalue weighted by Gasteiger charge is 2.50. The van der Waals surface area contributed by atoms with Crippen molar-refractivity contribution in [2.45, 2.75) is 203 Å². The molecular formula is C52H81N7O16. The van der Waals surface area contributed by atoms with E-state index in [9.17, 15) is 79.5 Å². The zero-order valence-corrected chi connectivity index (χ0v) is 43.4. The number of rotatable bonds is 20. The Labute approximate surface area is 437 Å². The fourth-order valence-electron chi connectivity index (χ4n) is 9.39. The standard InChI is InChI=1S/C52H81N7O16/c1-5-6-7-8-9-10-11-12-13-14-15-16-17-18-19-20-38(65)53-35-26-37(64)48(71)57-50(73)42-43(66)29(2)27-59(42)52(75)40(31(4)61)55-49(72)41(45(68)44(67)32-21-23-33(62)24-22-32)56-47(70)36-25-34(63)28-58(36)51(74)39(30(3)60)54-46(35)69/h9-10,12-13,21-24,29-31,34-37,39-45,48,60-64,66-68,71H,5-8,11,14-20,25-28H2,1-4H3,(H,53,65)(H,54,69)(H,55,72)(H,56,70)(H,57,73)/b10-9+,13-12+/t29-,30+,31+,34+,35-,36-,37+,39-,40-,41-,42?,43-,44-,45-,48+/m0/s1. The van der Waals surface area contributed by atoms with Crippen LogP contribution in [0.1, 0.15) is 129 Å². The Hall–Kier alpha value is -5.53. The van der Waals surface area contributed by atoms with Gasteiger partial charge in [0, 0.05) is 38.3 Å². The van der Waals surface area contributed by atoms with E-state index in [1.807, 2.05) is 0 Å². The quantitative estimate of drug-likeness (QED) is 0.0531. The summed E-state index contributed by atoms with van der Waals surface area (Å²) < 4.78 is 0. The largest absolute Gasteiger partial charge is 0.508 e. The Morgan fingerprint density at radius 1 is 0.680 bits per heavy atom. The van der Waals surface area contributed by atoms with Crippen molar-refractivity contribution in [3.8, 4) is 5.75 Å². The number of hydrogen-bond acceptors (Lipinski definition) is 16. The number of aliphatic hydroxyl groups excluding tert-OH is 8. The zero-order valence-electron chi connectivity index (χ0n) is 43.4. The molecule has 0 spiro atoms. The Kier molecular flexibility index (Phi) is 25.0. The predicted octanol–water partition coefficient (Wildman–Crippen LogP) is -1.33. The Morgan fingerprint density at radius 3 is 1.85 bits per heavy atom. The number of amides is 7. The van der Waals surface area contributed by atoms with Crippen LogP contribution in [0, 0.1) is 5.92 Å². The maximum atomic E-state index is 14.3. The molecule has 4 rings (SSSR count). The Balaban J connectivity index is 1.62. The van der Waals surface area contributed by atoms with E-state index in [0.717, 1.165) is 74.3 Å². The minimum Gasteiger partial charge on any atom is -0.508 e. The van der Waals surface area contributed by atoms with Gasteiger partial charge in [-0.2, -0.15) is 0 Å². The van der Waals surface area contributed by atoms with Crippen LogP contribution in [-0.4, -0.2) is 189 Å². The number of fused-ring (bicyclic) bond motifs is 2. The minimum atomic E-state index is -2.27. The first-order valence-electron chi connectivity index (χ1n) is 26.2. The normalized spacial score (nSPS) is 29.4. The van der Waals surface area contributed by atoms with E-state index in [-0.39, 0.29) is 24.3 Å². The number of aromatic hydroxyl groups is 1. The number of unbranched alkanes of at least 4 members (excludes halogenated alkanes) is 8. The summed E-state index contributed by atoms with van der Waals surface area (Å²) in [6.45, 7) is 4.97. The molecule has 0 radical (unpaired) electrons. The number of aliphatic hydroxyl groups is 8. The van der Waals surface area contributed by atoms with Crippen LogP contribution in [0.3, 0.4) is 0 Å². The Morgan fingerprint density at radius 2 is 1.24 bits per heavy atom. The number of allylic oxidation sites excluding steroid dienone is 4. The number of phenolic OH excluding ortho intramolecular Hbond substituents is 1. The van der Waals surface area contributed by atoms with Crippen molar-refractivity contribution >= 4 is 41.4 Å². The molecule has 0 saturated carbocycles. The summed E-state index contributed by atoms with van der Waals surface area (Å²) >= 11 is 0. The third-order valence-electron chi connectivity index (χ3n) is 13.9. The summed E-state index contributed by atoms with van der Waals surface area (Å²) in [7, 11) is 0. The van der Waals surface area contributed by atoms with Crippen LogP contribution < -0.4 is 26.6 Å². The lowest BCUT2D eigenvalue weighted by Crippen LogP contribution is -2.64. The van der Waals surface area contributed by atoms with E-state index >= 15 is 0 Å². The van der Waals surface area contributed by atoms with Crippen LogP contribution in [-0.2, 0) is 33.6 Å². The second-order valence-electron chi connectivity index (χ2n) is 20.1. The van der Waals surface area contributed by atoms with Crippen molar-refractivity contribution in [2.75, 3.05) is 13.1 Å². The summed E-state index contributed by atoms with van der Waals surface area (Å²) in [4.78, 5) is 100. The average Bonchev–Trinajstić information content (AvgIpc) is 3.91. The van der Waals surface area contributed by atoms with E-state index in [1.165, 1.54) is 38.3 Å². The highest BCUT2D eigenvalue weighted by atomic mass is 16.3. The topological polar surface area (TPSA) is 368 Å². The molecule has 3 aliphatic rings. The van der Waals surface area contributed by atoms with Gasteiger partial charge in [0.1, 0.15) is 60.3 Å². The van der Waals surface area contributed by atoms with E-state index in [2.05, 4.69) is 57.8 Å². The number of hydrogen-bond donors (Lipinski definition) is 14. The van der Waals surface area contributed by atoms with Gasteiger partial charge >= 0.3 is 0 Å². The molecule has 1 unspecified atom stereocenters. The molecule has 75 heavy (non-hydrogen) atoms. The van der Waals surface area contributed by atoms with Gasteiger partial charge < -0.3 is 82.3 Å². The molecule has 14 N–H and O–H groups in total. The molecule has 23 heteroatoms. The molecule has 1 aromatic carbocycles. The number of phenols is 1. The van der Waals surface area contributed by atoms with Crippen molar-refractivity contribution in [1.82, 2.24) is 36.4 Å². The van der Waals surface area contributed by atoms with Gasteiger partial charge in [-0.05, 0) is 70.1 Å². The van der Waals surface area contributed by atoms with Crippen LogP contribution in [0.2, 0.25) is 0 Å². The molecule has 3 saturated heterocycles. The molecule has 3 heterocycles. The van der Waals surface area contributed by atoms with E-state index in [0.29, 0.717) is 12.8 Å². The van der Waals surface area contributed by atoms with Crippen LogP contribution in [0.15, 0.2) is 48.6 Å². The molecule has 3 aliphatic heterocycles. The molecule has 0 aromatic heterocycles. The summed E-state index contributed by atoms with van der Waals surface area (Å²) in [5.74, 6) is -8.97. The molecule has 1 aromatic rings. The van der Waals surface area contributed by atoms with Crippen molar-refractivity contribution in [3.63, 3.8) is 0 Å². The highest BCUT2D eigenvalue weighted by molar-refractivity contribution is 5.98. The highest BCUT2D eigenvalue weighted by Crippen LogP contribution is 2.28. The number of carbonyl (C=O) groups is 7. The number of carbonyl (C=O) groups excluding carboxylic acids is 7. The van der Waals surface area contributed by atoms with Gasteiger partial charge in [0.05, 0.1) is 24.4 Å². The van der Waals surface area contributed by atoms with Crippen LogP contribution >= 0.6 is 0 Å². The van der Waals surface area contributed by atoms with Gasteiger partial charge in [-0.25, -0.2) is 0 Å². The van der Waals surface area contributed by atoms with Gasteiger partial charge in [-0.15, -0.1) is 0 Å². The molecule has 0 bridgehead atoms. The number of nitrogens with zero attached hydrogens (tertiary/aromatic N) is 2. The summed E-state index contributed by atoms with van der Waals surface area (Å²) in [6.07, 6.45) is 2.50. The Bertz CT molecular complexity index is 2110. The monoisotopic (exact) mass is 1060 g/mol. The SMILES string of the molecule is CCCCC/C=C/C/C=C/CCCCCCCC(=O)N[C@H]1C[C@@H](O)[C@@H](O)NC(=O)C2[C@@H](O)[C@@H](C)CN2C(=O)[C@H]([C@@H](C)O)NC(=O)[C@H]([C@H](O)[C@@H](O)c2ccc(O)cc2)NC(=O)[C@@H]2C[C@@H](O)CN2C(=O)[C@H]([C@@H](C)O)NC1=O. The van der Waals surface area contributed by atoms with E-state index < -0.39 is 152 Å². The molecular weight excluding hydrogens is 979 g/mol. The van der Waals surface area contributed by atoms with Gasteiger partial charge in [0.2, 0.25) is 41.4 Å². The lowest BCUT2D eigenvalue weighted by Gasteiger charge is -2.34. The minimum absolute atomic E-state index is 0.0614. The van der Waals surface area contributed by atoms with E-state index in [4.69, 9.17) is 0 Å². The number of benzene rings is 1. The summed E-state index contributed by atoms with van der Waals surface area (Å²) in [6, 6.07) is -6.61. The lowest BCUT2D eigenvalue weighted by molar-refractivity contribution is -0.148. The van der Waals surface area contributed by atoms with Crippen molar-refractivity contribution in [3.05, 3.63) is 54.1 Å². The maximum Gasteiger partial charge on any atom is 0.248 e. The second-order valence-corrected chi connectivity index (χ2v) is 20.1. The molecule has 7 amide bonds. The lowest BCUT2D eigenvalue weighted by atomic mass is 9.96. The molecule has 420 valence electrons. The van der Waals surface area contributed by atoms with Crippen molar-refractivity contribution in [1.29, 1.82) is 0 Å². The first-order chi connectivity index (χ1) is 35.6. The van der Waals surface area contributed by atoms with E-state index in [1.54, 1.807) is 0 Å². The summed E-state index contributed by atoms with van der Waals surface area (Å²) in [5.41, 5.74) is -0.0614. The molecule has 23 nitrogen and oxygen atoms in total. The van der Waals surface area contributed by atoms with Gasteiger partial charge in [-0.3, -0.25) is 33.6 Å². The number of nitrogens with one attached hydrogen (secondary N) is 5. The van der Waals surface area contributed by atoms with Gasteiger partial charge in [0.15, 0.2) is 6.23 Å². The molecule has 0 aliphatic carbocycles. The third kappa shape index (κ3) is 18.0. The van der Waals surface area contributed by atoms with Crippen molar-refractivity contribution in [2.24, 2.45) is 5.92 Å². The zero-order chi connectivity index (χ0) is 55.5. The smallest absolute Gasteiger partial charge is 0.248 e. The van der Waals surface area contributed by atoms with Crippen LogP contribution in [0.5, 0.6) is 5.75 Å². The molecule has 15 atom stereocenters.